The third-order valence-electron chi connectivity index (χ3n) is 6.78. The van der Waals surface area contributed by atoms with Crippen molar-refractivity contribution in [3.05, 3.63) is 35.9 Å². The topological polar surface area (TPSA) is 32.3 Å². The Hall–Kier alpha value is -0.860. The molecule has 2 bridgehead atoms. The number of benzene rings is 1. The Bertz CT molecular complexity index is 484. The minimum Gasteiger partial charge on any atom is -0.395 e. The van der Waals surface area contributed by atoms with E-state index in [0.29, 0.717) is 16.9 Å². The van der Waals surface area contributed by atoms with Gasteiger partial charge in [0.15, 0.2) is 0 Å². The molecule has 2 nitrogen and oxygen atoms in total. The molecule has 2 heteroatoms. The van der Waals surface area contributed by atoms with E-state index in [1.807, 2.05) is 6.07 Å². The Morgan fingerprint density at radius 1 is 1.24 bits per heavy atom. The largest absolute Gasteiger partial charge is 0.395 e. The molecule has 116 valence electrons. The Kier molecular flexibility index (Phi) is 3.87. The van der Waals surface area contributed by atoms with Crippen LogP contribution in [0.25, 0.3) is 0 Å². The maximum absolute atomic E-state index is 9.77. The molecule has 0 aromatic heterocycles. The van der Waals surface area contributed by atoms with Gasteiger partial charge in [-0.3, -0.25) is 0 Å². The van der Waals surface area contributed by atoms with Crippen molar-refractivity contribution in [2.75, 3.05) is 6.61 Å². The number of hydrogen-bond acceptors (Lipinski definition) is 2. The van der Waals surface area contributed by atoms with Gasteiger partial charge in [-0.25, -0.2) is 0 Å². The molecule has 1 aromatic carbocycles. The first kappa shape index (κ1) is 15.1. The van der Waals surface area contributed by atoms with Crippen molar-refractivity contribution in [1.82, 2.24) is 5.32 Å². The van der Waals surface area contributed by atoms with Crippen LogP contribution in [0, 0.1) is 16.7 Å². The molecule has 2 aliphatic carbocycles. The average Bonchev–Trinajstić information content (AvgIpc) is 2.81. The van der Waals surface area contributed by atoms with Crippen LogP contribution in [-0.2, 0) is 6.42 Å². The number of hydrogen-bond donors (Lipinski definition) is 2. The Balaban J connectivity index is 1.68. The Morgan fingerprint density at radius 2 is 1.95 bits per heavy atom. The minimum atomic E-state index is 0.171. The van der Waals surface area contributed by atoms with Crippen molar-refractivity contribution < 1.29 is 5.11 Å². The Morgan fingerprint density at radius 3 is 2.48 bits per heavy atom. The summed E-state index contributed by atoms with van der Waals surface area (Å²) in [5.74, 6) is 0.844. The van der Waals surface area contributed by atoms with Crippen LogP contribution in [0.15, 0.2) is 30.3 Å². The lowest BCUT2D eigenvalue weighted by atomic mass is 9.69. The molecule has 0 amide bonds. The number of aliphatic hydroxyl groups excluding tert-OH is 1. The van der Waals surface area contributed by atoms with Crippen molar-refractivity contribution in [1.29, 1.82) is 0 Å². The Labute approximate surface area is 129 Å². The molecular formula is C19H29NO. The molecule has 0 aliphatic heterocycles. The van der Waals surface area contributed by atoms with Crippen LogP contribution in [-0.4, -0.2) is 23.8 Å². The highest BCUT2D eigenvalue weighted by Gasteiger charge is 2.61. The first-order chi connectivity index (χ1) is 9.97. The fourth-order valence-corrected chi connectivity index (χ4v) is 4.82. The molecule has 2 aliphatic rings. The van der Waals surface area contributed by atoms with E-state index in [1.54, 1.807) is 0 Å². The predicted molar refractivity (Wildman–Crippen MR) is 87.2 cm³/mol. The summed E-state index contributed by atoms with van der Waals surface area (Å²) in [4.78, 5) is 0. The van der Waals surface area contributed by atoms with E-state index < -0.39 is 0 Å². The first-order valence-corrected chi connectivity index (χ1v) is 8.38. The fraction of sp³-hybridized carbons (Fsp3) is 0.684. The van der Waals surface area contributed by atoms with Crippen LogP contribution in [0.1, 0.15) is 45.6 Å². The normalized spacial score (nSPS) is 35.0. The molecule has 0 spiro atoms. The van der Waals surface area contributed by atoms with Crippen LogP contribution in [0.5, 0.6) is 0 Å². The highest BCUT2D eigenvalue weighted by molar-refractivity contribution is 5.17. The summed E-state index contributed by atoms with van der Waals surface area (Å²) in [6.07, 6.45) is 4.89. The highest BCUT2D eigenvalue weighted by Crippen LogP contribution is 2.65. The van der Waals surface area contributed by atoms with Gasteiger partial charge in [-0.2, -0.15) is 0 Å². The van der Waals surface area contributed by atoms with Crippen molar-refractivity contribution in [3.63, 3.8) is 0 Å². The summed E-state index contributed by atoms with van der Waals surface area (Å²) in [5.41, 5.74) is 2.11. The summed E-state index contributed by atoms with van der Waals surface area (Å²) < 4.78 is 0. The van der Waals surface area contributed by atoms with E-state index in [4.69, 9.17) is 0 Å². The summed E-state index contributed by atoms with van der Waals surface area (Å²) in [6.45, 7) is 7.55. The van der Waals surface area contributed by atoms with Crippen molar-refractivity contribution in [3.8, 4) is 0 Å². The van der Waals surface area contributed by atoms with Gasteiger partial charge in [0.2, 0.25) is 0 Å². The van der Waals surface area contributed by atoms with Gasteiger partial charge in [-0.15, -0.1) is 0 Å². The monoisotopic (exact) mass is 287 g/mol. The van der Waals surface area contributed by atoms with Crippen molar-refractivity contribution >= 4 is 0 Å². The molecule has 2 saturated carbocycles. The third-order valence-corrected chi connectivity index (χ3v) is 6.78. The lowest BCUT2D eigenvalue weighted by molar-refractivity contribution is 0.107. The number of aliphatic hydroxyl groups is 1. The summed E-state index contributed by atoms with van der Waals surface area (Å²) in [7, 11) is 0. The van der Waals surface area contributed by atoms with Crippen LogP contribution in [0.2, 0.25) is 0 Å². The van der Waals surface area contributed by atoms with Crippen molar-refractivity contribution in [2.24, 2.45) is 16.7 Å². The molecule has 1 aromatic rings. The average molecular weight is 287 g/mol. The van der Waals surface area contributed by atoms with Gasteiger partial charge in [0.05, 0.1) is 6.61 Å². The molecule has 4 atom stereocenters. The minimum absolute atomic E-state index is 0.171. The van der Waals surface area contributed by atoms with E-state index in [1.165, 1.54) is 24.8 Å². The molecule has 0 saturated heterocycles. The quantitative estimate of drug-likeness (QED) is 0.870. The third kappa shape index (κ3) is 2.43. The van der Waals surface area contributed by atoms with Gasteiger partial charge < -0.3 is 10.4 Å². The zero-order valence-corrected chi connectivity index (χ0v) is 13.6. The van der Waals surface area contributed by atoms with Crippen LogP contribution < -0.4 is 5.32 Å². The van der Waals surface area contributed by atoms with Crippen LogP contribution >= 0.6 is 0 Å². The van der Waals surface area contributed by atoms with Crippen molar-refractivity contribution in [2.45, 2.75) is 58.5 Å². The second kappa shape index (κ2) is 5.40. The number of nitrogens with one attached hydrogen (secondary N) is 1. The van der Waals surface area contributed by atoms with Gasteiger partial charge in [-0.05, 0) is 48.0 Å². The summed E-state index contributed by atoms with van der Waals surface area (Å²) in [6, 6.07) is 11.2. The molecule has 0 radical (unpaired) electrons. The molecule has 21 heavy (non-hydrogen) atoms. The van der Waals surface area contributed by atoms with Gasteiger partial charge in [0, 0.05) is 12.1 Å². The molecule has 0 heterocycles. The van der Waals surface area contributed by atoms with E-state index in [2.05, 4.69) is 50.4 Å². The van der Waals surface area contributed by atoms with E-state index in [9.17, 15) is 5.11 Å². The zero-order chi connectivity index (χ0) is 15.1. The van der Waals surface area contributed by atoms with Gasteiger partial charge in [0.25, 0.3) is 0 Å². The van der Waals surface area contributed by atoms with Gasteiger partial charge >= 0.3 is 0 Å². The molecular weight excluding hydrogens is 258 g/mol. The van der Waals surface area contributed by atoms with Crippen LogP contribution in [0.4, 0.5) is 0 Å². The van der Waals surface area contributed by atoms with E-state index in [-0.39, 0.29) is 12.6 Å². The summed E-state index contributed by atoms with van der Waals surface area (Å²) in [5, 5.41) is 13.6. The smallest absolute Gasteiger partial charge is 0.0587 e. The maximum Gasteiger partial charge on any atom is 0.0587 e. The summed E-state index contributed by atoms with van der Waals surface area (Å²) >= 11 is 0. The lowest BCUT2D eigenvalue weighted by Crippen LogP contribution is -2.50. The number of fused-ring (bicyclic) bond motifs is 2. The molecule has 3 rings (SSSR count). The van der Waals surface area contributed by atoms with E-state index in [0.717, 1.165) is 12.3 Å². The second-order valence-electron chi connectivity index (χ2n) is 7.90. The van der Waals surface area contributed by atoms with Crippen LogP contribution in [0.3, 0.4) is 0 Å². The first-order valence-electron chi connectivity index (χ1n) is 8.38. The SMILES string of the molecule is CC1(C)C2CCC1(C)C(NC(CO)Cc1ccccc1)C2. The molecule has 2 N–H and O–H groups in total. The maximum atomic E-state index is 9.77. The lowest BCUT2D eigenvalue weighted by Gasteiger charge is -2.41. The molecule has 2 fully saturated rings. The molecule has 4 unspecified atom stereocenters. The second-order valence-corrected chi connectivity index (χ2v) is 7.90. The fourth-order valence-electron chi connectivity index (χ4n) is 4.82. The predicted octanol–water partition coefficient (Wildman–Crippen LogP) is 3.39. The van der Waals surface area contributed by atoms with Gasteiger partial charge in [0.1, 0.15) is 0 Å². The standard InChI is InChI=1S/C19H29NO/c1-18(2)15-9-10-19(18,3)17(12-15)20-16(13-21)11-14-7-5-4-6-8-14/h4-8,15-17,20-21H,9-13H2,1-3H3. The van der Waals surface area contributed by atoms with Gasteiger partial charge in [-0.1, -0.05) is 51.1 Å². The van der Waals surface area contributed by atoms with E-state index >= 15 is 0 Å². The zero-order valence-electron chi connectivity index (χ0n) is 13.6. The highest BCUT2D eigenvalue weighted by atomic mass is 16.3. The number of rotatable bonds is 5.